The zero-order valence-corrected chi connectivity index (χ0v) is 18.3. The molecule has 4 rings (SSSR count). The van der Waals surface area contributed by atoms with Crippen LogP contribution in [0.4, 0.5) is 5.69 Å². The van der Waals surface area contributed by atoms with Gasteiger partial charge >= 0.3 is 0 Å². The third kappa shape index (κ3) is 5.45. The lowest BCUT2D eigenvalue weighted by Crippen LogP contribution is -2.38. The second-order valence-electron chi connectivity index (χ2n) is 7.86. The van der Waals surface area contributed by atoms with E-state index in [0.717, 1.165) is 36.9 Å². The van der Waals surface area contributed by atoms with Gasteiger partial charge < -0.3 is 20.0 Å². The number of nitrogens with one attached hydrogen (secondary N) is 2. The molecule has 0 amide bonds. The van der Waals surface area contributed by atoms with Crippen LogP contribution in [0.3, 0.4) is 0 Å². The highest BCUT2D eigenvalue weighted by Crippen LogP contribution is 2.24. The Hall–Kier alpha value is -3.28. The molecule has 1 aliphatic rings. The van der Waals surface area contributed by atoms with Gasteiger partial charge in [-0.2, -0.15) is 0 Å². The van der Waals surface area contributed by atoms with E-state index in [0.29, 0.717) is 12.4 Å². The molecule has 1 fully saturated rings. The van der Waals surface area contributed by atoms with Crippen LogP contribution in [0, 0.1) is 0 Å². The minimum Gasteiger partial charge on any atom is -0.444 e. The largest absolute Gasteiger partial charge is 0.444 e. The zero-order valence-electron chi connectivity index (χ0n) is 18.3. The number of guanidine groups is 1. The number of aliphatic imine (C=N–C) groups is 1. The van der Waals surface area contributed by atoms with Gasteiger partial charge in [0.25, 0.3) is 0 Å². The minimum absolute atomic E-state index is 0.137. The van der Waals surface area contributed by atoms with Crippen molar-refractivity contribution in [1.29, 1.82) is 0 Å². The molecule has 0 saturated carbocycles. The number of aromatic nitrogens is 1. The molecule has 1 aliphatic heterocycles. The summed E-state index contributed by atoms with van der Waals surface area (Å²) in [5.74, 6) is 1.39. The molecule has 2 heterocycles. The van der Waals surface area contributed by atoms with E-state index in [9.17, 15) is 0 Å². The lowest BCUT2D eigenvalue weighted by molar-refractivity contribution is 0.572. The Morgan fingerprint density at radius 3 is 2.71 bits per heavy atom. The lowest BCUT2D eigenvalue weighted by Gasteiger charge is -2.22. The van der Waals surface area contributed by atoms with Crippen LogP contribution in [-0.2, 0) is 6.54 Å². The summed E-state index contributed by atoms with van der Waals surface area (Å²) in [5.41, 5.74) is 4.33. The van der Waals surface area contributed by atoms with Crippen LogP contribution in [0.15, 0.2) is 70.3 Å². The van der Waals surface area contributed by atoms with Gasteiger partial charge in [-0.3, -0.25) is 0 Å². The summed E-state index contributed by atoms with van der Waals surface area (Å²) in [5, 5.41) is 6.85. The molecule has 2 aromatic carbocycles. The quantitative estimate of drug-likeness (QED) is 0.429. The summed E-state index contributed by atoms with van der Waals surface area (Å²) in [4.78, 5) is 11.8. The third-order valence-electron chi connectivity index (χ3n) is 5.51. The van der Waals surface area contributed by atoms with Crippen LogP contribution in [0.25, 0.3) is 11.5 Å². The van der Waals surface area contributed by atoms with Crippen LogP contribution >= 0.6 is 0 Å². The highest BCUT2D eigenvalue weighted by atomic mass is 16.3. The van der Waals surface area contributed by atoms with E-state index < -0.39 is 0 Å². The molecule has 1 unspecified atom stereocenters. The van der Waals surface area contributed by atoms with Crippen molar-refractivity contribution in [1.82, 2.24) is 15.6 Å². The van der Waals surface area contributed by atoms with E-state index in [1.807, 2.05) is 30.3 Å². The van der Waals surface area contributed by atoms with Gasteiger partial charge in [0.15, 0.2) is 5.96 Å². The third-order valence-corrected chi connectivity index (χ3v) is 5.51. The van der Waals surface area contributed by atoms with Crippen molar-refractivity contribution in [2.75, 3.05) is 24.5 Å². The van der Waals surface area contributed by atoms with Crippen LogP contribution in [0.2, 0.25) is 0 Å². The van der Waals surface area contributed by atoms with Crippen molar-refractivity contribution in [2.24, 2.45) is 4.99 Å². The normalized spacial score (nSPS) is 15.2. The van der Waals surface area contributed by atoms with Gasteiger partial charge in [0, 0.05) is 30.9 Å². The molecule has 3 aromatic rings. The molecule has 31 heavy (non-hydrogen) atoms. The molecular formula is C25H31N5O. The van der Waals surface area contributed by atoms with Gasteiger partial charge in [-0.25, -0.2) is 9.98 Å². The van der Waals surface area contributed by atoms with Crippen LogP contribution in [-0.4, -0.2) is 30.6 Å². The molecular weight excluding hydrogens is 386 g/mol. The van der Waals surface area contributed by atoms with E-state index >= 15 is 0 Å². The van der Waals surface area contributed by atoms with Crippen molar-refractivity contribution in [3.05, 3.63) is 72.1 Å². The standard InChI is InChI=1S/C25H31N5O/c1-3-26-25(27-17-22-18-31-24(29-22)20-10-5-4-6-11-20)28-19(2)21-12-9-13-23(16-21)30-14-7-8-15-30/h4-6,9-13,16,18-19H,3,7-8,14-15,17H2,1-2H3,(H2,26,27,28). The van der Waals surface area contributed by atoms with Gasteiger partial charge in [-0.15, -0.1) is 0 Å². The van der Waals surface area contributed by atoms with Crippen molar-refractivity contribution >= 4 is 11.6 Å². The first-order valence-corrected chi connectivity index (χ1v) is 11.1. The van der Waals surface area contributed by atoms with Crippen LogP contribution in [0.1, 0.15) is 44.0 Å². The number of benzene rings is 2. The van der Waals surface area contributed by atoms with Crippen molar-refractivity contribution in [2.45, 2.75) is 39.3 Å². The predicted molar refractivity (Wildman–Crippen MR) is 126 cm³/mol. The van der Waals surface area contributed by atoms with Crippen LogP contribution < -0.4 is 15.5 Å². The smallest absolute Gasteiger partial charge is 0.226 e. The predicted octanol–water partition coefficient (Wildman–Crippen LogP) is 4.76. The molecule has 0 aliphatic carbocycles. The molecule has 1 atom stereocenters. The molecule has 0 radical (unpaired) electrons. The average Bonchev–Trinajstić information content (AvgIpc) is 3.51. The Bertz CT molecular complexity index is 992. The highest BCUT2D eigenvalue weighted by Gasteiger charge is 2.15. The van der Waals surface area contributed by atoms with E-state index in [2.05, 4.69) is 58.6 Å². The fourth-order valence-electron chi connectivity index (χ4n) is 3.83. The van der Waals surface area contributed by atoms with E-state index in [-0.39, 0.29) is 6.04 Å². The summed E-state index contributed by atoms with van der Waals surface area (Å²) in [6, 6.07) is 18.9. The van der Waals surface area contributed by atoms with Crippen molar-refractivity contribution in [3.8, 4) is 11.5 Å². The van der Waals surface area contributed by atoms with E-state index in [1.165, 1.54) is 24.1 Å². The molecule has 0 spiro atoms. The minimum atomic E-state index is 0.137. The number of rotatable bonds is 7. The van der Waals surface area contributed by atoms with Gasteiger partial charge in [-0.05, 0) is 56.5 Å². The summed E-state index contributed by atoms with van der Waals surface area (Å²) >= 11 is 0. The van der Waals surface area contributed by atoms with E-state index in [1.54, 1.807) is 6.26 Å². The molecule has 1 saturated heterocycles. The summed E-state index contributed by atoms with van der Waals surface area (Å²) < 4.78 is 5.63. The molecule has 6 heteroatoms. The fourth-order valence-corrected chi connectivity index (χ4v) is 3.83. The summed E-state index contributed by atoms with van der Waals surface area (Å²) in [6.45, 7) is 7.78. The Morgan fingerprint density at radius 2 is 1.94 bits per heavy atom. The molecule has 6 nitrogen and oxygen atoms in total. The number of anilines is 1. The first-order valence-electron chi connectivity index (χ1n) is 11.1. The highest BCUT2D eigenvalue weighted by molar-refractivity contribution is 5.80. The molecule has 1 aromatic heterocycles. The first kappa shape index (κ1) is 21.0. The second-order valence-corrected chi connectivity index (χ2v) is 7.86. The Balaban J connectivity index is 1.42. The topological polar surface area (TPSA) is 65.7 Å². The fraction of sp³-hybridized carbons (Fsp3) is 0.360. The van der Waals surface area contributed by atoms with Gasteiger partial charge in [0.1, 0.15) is 12.0 Å². The number of hydrogen-bond donors (Lipinski definition) is 2. The monoisotopic (exact) mass is 417 g/mol. The lowest BCUT2D eigenvalue weighted by atomic mass is 10.1. The summed E-state index contributed by atoms with van der Waals surface area (Å²) in [7, 11) is 0. The maximum absolute atomic E-state index is 5.63. The number of hydrogen-bond acceptors (Lipinski definition) is 4. The Morgan fingerprint density at radius 1 is 1.13 bits per heavy atom. The SMILES string of the molecule is CCNC(=NCc1coc(-c2ccccc2)n1)NC(C)c1cccc(N2CCCC2)c1. The van der Waals surface area contributed by atoms with Crippen molar-refractivity contribution in [3.63, 3.8) is 0 Å². The van der Waals surface area contributed by atoms with Crippen molar-refractivity contribution < 1.29 is 4.42 Å². The van der Waals surface area contributed by atoms with Gasteiger partial charge in [0.2, 0.25) is 5.89 Å². The molecule has 0 bridgehead atoms. The number of oxazole rings is 1. The molecule has 2 N–H and O–H groups in total. The average molecular weight is 418 g/mol. The van der Waals surface area contributed by atoms with Crippen LogP contribution in [0.5, 0.6) is 0 Å². The first-order chi connectivity index (χ1) is 15.2. The van der Waals surface area contributed by atoms with Gasteiger partial charge in [0.05, 0.1) is 12.6 Å². The summed E-state index contributed by atoms with van der Waals surface area (Å²) in [6.07, 6.45) is 4.24. The Kier molecular flexibility index (Phi) is 6.87. The zero-order chi connectivity index (χ0) is 21.5. The Labute approximate surface area is 184 Å². The maximum Gasteiger partial charge on any atom is 0.226 e. The maximum atomic E-state index is 5.63. The molecule has 162 valence electrons. The van der Waals surface area contributed by atoms with E-state index in [4.69, 9.17) is 9.41 Å². The second kappa shape index (κ2) is 10.2. The van der Waals surface area contributed by atoms with Gasteiger partial charge in [-0.1, -0.05) is 30.3 Å². The number of nitrogens with zero attached hydrogens (tertiary/aromatic N) is 3.